The molecule has 20 heavy (non-hydrogen) atoms. The summed E-state index contributed by atoms with van der Waals surface area (Å²) in [6.07, 6.45) is -4.97. The molecule has 0 radical (unpaired) electrons. The van der Waals surface area contributed by atoms with Gasteiger partial charge in [0, 0.05) is 11.4 Å². The Morgan fingerprint density at radius 2 is 2.10 bits per heavy atom. The van der Waals surface area contributed by atoms with Crippen LogP contribution in [0.5, 0.6) is 11.6 Å². The Hall–Kier alpha value is -1.51. The van der Waals surface area contributed by atoms with Gasteiger partial charge in [-0.15, -0.1) is 13.2 Å². The first kappa shape index (κ1) is 16.5. The molecular formula is C11H11BrF3NO4. The Labute approximate surface area is 121 Å². The Kier molecular flexibility index (Phi) is 5.61. The third-order valence-corrected chi connectivity index (χ3v) is 2.61. The number of nitrogens with zero attached hydrogens (tertiary/aromatic N) is 1. The predicted molar refractivity (Wildman–Crippen MR) is 66.1 cm³/mol. The van der Waals surface area contributed by atoms with Crippen LogP contribution in [-0.4, -0.2) is 31.0 Å². The highest BCUT2D eigenvalue weighted by Gasteiger charge is 2.35. The molecule has 0 aliphatic carbocycles. The number of halogens is 4. The van der Waals surface area contributed by atoms with Crippen LogP contribution in [0.15, 0.2) is 6.07 Å². The lowest BCUT2D eigenvalue weighted by Gasteiger charge is -2.14. The van der Waals surface area contributed by atoms with Gasteiger partial charge in [0.1, 0.15) is 11.3 Å². The van der Waals surface area contributed by atoms with Crippen LogP contribution in [0.3, 0.4) is 0 Å². The molecule has 0 unspecified atom stereocenters. The van der Waals surface area contributed by atoms with Crippen LogP contribution >= 0.6 is 15.9 Å². The van der Waals surface area contributed by atoms with E-state index in [1.165, 1.54) is 14.0 Å². The zero-order valence-electron chi connectivity index (χ0n) is 10.6. The summed E-state index contributed by atoms with van der Waals surface area (Å²) in [5.41, 5.74) is -0.287. The molecule has 0 saturated carbocycles. The zero-order valence-corrected chi connectivity index (χ0v) is 12.2. The number of aromatic nitrogens is 1. The molecule has 0 saturated heterocycles. The normalized spacial score (nSPS) is 11.1. The van der Waals surface area contributed by atoms with Gasteiger partial charge in [-0.1, -0.05) is 15.9 Å². The van der Waals surface area contributed by atoms with Gasteiger partial charge in [0.15, 0.2) is 0 Å². The molecule has 0 atom stereocenters. The highest BCUT2D eigenvalue weighted by molar-refractivity contribution is 9.08. The fourth-order valence-electron chi connectivity index (χ4n) is 1.33. The van der Waals surface area contributed by atoms with Crippen molar-refractivity contribution in [1.82, 2.24) is 4.98 Å². The van der Waals surface area contributed by atoms with Gasteiger partial charge in [0.05, 0.1) is 19.4 Å². The predicted octanol–water partition coefficient (Wildman–Crippen LogP) is 3.06. The molecule has 1 heterocycles. The van der Waals surface area contributed by atoms with Crippen molar-refractivity contribution in [2.24, 2.45) is 0 Å². The average molecular weight is 358 g/mol. The lowest BCUT2D eigenvalue weighted by Crippen LogP contribution is -2.21. The van der Waals surface area contributed by atoms with Crippen molar-refractivity contribution in [3.63, 3.8) is 0 Å². The molecule has 0 N–H and O–H groups in total. The Bertz CT molecular complexity index is 493. The van der Waals surface area contributed by atoms with Gasteiger partial charge in [-0.2, -0.15) is 0 Å². The number of ether oxygens (including phenoxy) is 3. The van der Waals surface area contributed by atoms with Gasteiger partial charge >= 0.3 is 12.3 Å². The van der Waals surface area contributed by atoms with Crippen molar-refractivity contribution in [2.45, 2.75) is 18.6 Å². The number of hydrogen-bond acceptors (Lipinski definition) is 5. The zero-order chi connectivity index (χ0) is 15.3. The molecule has 0 spiro atoms. The smallest absolute Gasteiger partial charge is 0.495 e. The topological polar surface area (TPSA) is 57.7 Å². The van der Waals surface area contributed by atoms with E-state index in [9.17, 15) is 18.0 Å². The SMILES string of the molecule is CCOC(=O)c1cc(OC)c(CBr)nc1OC(F)(F)F. The number of alkyl halides is 4. The molecule has 1 aromatic heterocycles. The summed E-state index contributed by atoms with van der Waals surface area (Å²) in [4.78, 5) is 15.3. The lowest BCUT2D eigenvalue weighted by atomic mass is 10.2. The number of pyridine rings is 1. The van der Waals surface area contributed by atoms with E-state index < -0.39 is 23.8 Å². The Morgan fingerprint density at radius 3 is 2.55 bits per heavy atom. The first-order chi connectivity index (χ1) is 9.32. The number of rotatable bonds is 5. The second-order valence-electron chi connectivity index (χ2n) is 3.39. The number of carbonyl (C=O) groups is 1. The molecule has 0 aliphatic heterocycles. The van der Waals surface area contributed by atoms with Crippen molar-refractivity contribution in [3.8, 4) is 11.6 Å². The van der Waals surface area contributed by atoms with Gasteiger partial charge in [-0.05, 0) is 6.92 Å². The quantitative estimate of drug-likeness (QED) is 0.598. The maximum atomic E-state index is 12.3. The molecule has 0 aliphatic rings. The number of methoxy groups -OCH3 is 1. The van der Waals surface area contributed by atoms with E-state index in [0.29, 0.717) is 0 Å². The summed E-state index contributed by atoms with van der Waals surface area (Å²) in [7, 11) is 1.31. The minimum atomic E-state index is -4.97. The monoisotopic (exact) mass is 357 g/mol. The minimum Gasteiger partial charge on any atom is -0.495 e. The molecule has 5 nitrogen and oxygen atoms in total. The van der Waals surface area contributed by atoms with E-state index in [0.717, 1.165) is 6.07 Å². The van der Waals surface area contributed by atoms with Gasteiger partial charge in [0.25, 0.3) is 0 Å². The number of carbonyl (C=O) groups excluding carboxylic acids is 1. The van der Waals surface area contributed by atoms with Crippen LogP contribution < -0.4 is 9.47 Å². The maximum absolute atomic E-state index is 12.3. The van der Waals surface area contributed by atoms with Crippen LogP contribution in [0.4, 0.5) is 13.2 Å². The summed E-state index contributed by atoms with van der Waals surface area (Å²) in [6, 6.07) is 1.10. The van der Waals surface area contributed by atoms with Crippen LogP contribution in [-0.2, 0) is 10.1 Å². The molecule has 0 bridgehead atoms. The molecule has 1 aromatic rings. The Balaban J connectivity index is 3.32. The fraction of sp³-hybridized carbons (Fsp3) is 0.455. The van der Waals surface area contributed by atoms with Gasteiger partial charge < -0.3 is 14.2 Å². The average Bonchev–Trinajstić information content (AvgIpc) is 2.36. The molecular weight excluding hydrogens is 347 g/mol. The standard InChI is InChI=1S/C11H11BrF3NO4/c1-3-19-10(17)6-4-8(18-2)7(5-12)16-9(6)20-11(13,14)15/h4H,3,5H2,1-2H3. The van der Waals surface area contributed by atoms with E-state index in [4.69, 9.17) is 4.74 Å². The van der Waals surface area contributed by atoms with E-state index >= 15 is 0 Å². The third kappa shape index (κ3) is 4.26. The summed E-state index contributed by atoms with van der Waals surface area (Å²) in [5, 5.41) is 0.132. The maximum Gasteiger partial charge on any atom is 0.574 e. The van der Waals surface area contributed by atoms with Crippen molar-refractivity contribution in [2.75, 3.05) is 13.7 Å². The number of esters is 1. The lowest BCUT2D eigenvalue weighted by molar-refractivity contribution is -0.276. The van der Waals surface area contributed by atoms with Crippen LogP contribution in [0, 0.1) is 0 Å². The molecule has 0 amide bonds. The molecule has 0 aromatic carbocycles. The first-order valence-electron chi connectivity index (χ1n) is 5.39. The van der Waals surface area contributed by atoms with Crippen molar-refractivity contribution in [1.29, 1.82) is 0 Å². The van der Waals surface area contributed by atoms with Crippen molar-refractivity contribution >= 4 is 21.9 Å². The second kappa shape index (κ2) is 6.78. The summed E-state index contributed by atoms with van der Waals surface area (Å²) in [6.45, 7) is 1.53. The highest BCUT2D eigenvalue weighted by Crippen LogP contribution is 2.31. The summed E-state index contributed by atoms with van der Waals surface area (Å²) in [5.74, 6) is -1.69. The summed E-state index contributed by atoms with van der Waals surface area (Å²) < 4.78 is 50.4. The second-order valence-corrected chi connectivity index (χ2v) is 3.95. The van der Waals surface area contributed by atoms with E-state index in [1.54, 1.807) is 0 Å². The van der Waals surface area contributed by atoms with Gasteiger partial charge in [-0.3, -0.25) is 0 Å². The summed E-state index contributed by atoms with van der Waals surface area (Å²) >= 11 is 3.06. The minimum absolute atomic E-state index is 0.00675. The first-order valence-corrected chi connectivity index (χ1v) is 6.51. The molecule has 9 heteroatoms. The molecule has 0 fully saturated rings. The molecule has 1 rings (SSSR count). The van der Waals surface area contributed by atoms with Crippen molar-refractivity contribution < 1.29 is 32.2 Å². The van der Waals surface area contributed by atoms with E-state index in [2.05, 4.69) is 30.4 Å². The van der Waals surface area contributed by atoms with Crippen LogP contribution in [0.25, 0.3) is 0 Å². The van der Waals surface area contributed by atoms with Gasteiger partial charge in [-0.25, -0.2) is 9.78 Å². The van der Waals surface area contributed by atoms with E-state index in [-0.39, 0.29) is 23.4 Å². The Morgan fingerprint density at radius 1 is 1.45 bits per heavy atom. The fourth-order valence-corrected chi connectivity index (χ4v) is 1.73. The van der Waals surface area contributed by atoms with Gasteiger partial charge in [0.2, 0.25) is 5.88 Å². The highest BCUT2D eigenvalue weighted by atomic mass is 79.9. The molecule has 112 valence electrons. The number of hydrogen-bond donors (Lipinski definition) is 0. The van der Waals surface area contributed by atoms with Crippen molar-refractivity contribution in [3.05, 3.63) is 17.3 Å². The van der Waals surface area contributed by atoms with E-state index in [1.807, 2.05) is 0 Å². The van der Waals surface area contributed by atoms with Crippen LogP contribution in [0.1, 0.15) is 23.0 Å². The van der Waals surface area contributed by atoms with Crippen LogP contribution in [0.2, 0.25) is 0 Å². The third-order valence-electron chi connectivity index (χ3n) is 2.08. The largest absolute Gasteiger partial charge is 0.574 e.